The fourth-order valence-corrected chi connectivity index (χ4v) is 4.32. The number of nitrogens with zero attached hydrogens (tertiary/aromatic N) is 1. The van der Waals surface area contributed by atoms with Gasteiger partial charge in [0.15, 0.2) is 11.5 Å². The summed E-state index contributed by atoms with van der Waals surface area (Å²) in [6, 6.07) is 9.31. The molecule has 0 bridgehead atoms. The molecule has 1 aromatic heterocycles. The molecule has 0 radical (unpaired) electrons. The molecule has 2 aromatic carbocycles. The zero-order valence-corrected chi connectivity index (χ0v) is 18.0. The number of rotatable bonds is 3. The summed E-state index contributed by atoms with van der Waals surface area (Å²) in [6.45, 7) is 6.15. The zero-order valence-electron chi connectivity index (χ0n) is 18.0. The van der Waals surface area contributed by atoms with Gasteiger partial charge in [0.25, 0.3) is 5.56 Å². The van der Waals surface area contributed by atoms with Gasteiger partial charge >= 0.3 is 0 Å². The number of carbonyl (C=O) groups excluding carboxylic acids is 1. The summed E-state index contributed by atoms with van der Waals surface area (Å²) >= 11 is 0. The van der Waals surface area contributed by atoms with Gasteiger partial charge in [-0.3, -0.25) is 9.59 Å². The van der Waals surface area contributed by atoms with E-state index in [1.807, 2.05) is 31.2 Å². The number of hydrogen-bond acceptors (Lipinski definition) is 4. The van der Waals surface area contributed by atoms with E-state index in [-0.39, 0.29) is 11.5 Å². The molecule has 3 aromatic rings. The Morgan fingerprint density at radius 2 is 1.67 bits per heavy atom. The molecule has 2 heterocycles. The number of hydrogen-bond donors (Lipinski definition) is 1. The highest BCUT2D eigenvalue weighted by atomic mass is 16.5. The molecule has 0 spiro atoms. The number of benzene rings is 2. The van der Waals surface area contributed by atoms with E-state index in [1.165, 1.54) is 0 Å². The van der Waals surface area contributed by atoms with Gasteiger partial charge in [-0.05, 0) is 78.2 Å². The Morgan fingerprint density at radius 1 is 1.00 bits per heavy atom. The lowest BCUT2D eigenvalue weighted by Crippen LogP contribution is -2.41. The number of ether oxygens (including phenoxy) is 2. The van der Waals surface area contributed by atoms with Gasteiger partial charge < -0.3 is 19.4 Å². The summed E-state index contributed by atoms with van der Waals surface area (Å²) < 4.78 is 10.9. The number of fused-ring (bicyclic) bond motifs is 2. The molecule has 156 valence electrons. The Kier molecular flexibility index (Phi) is 5.02. The van der Waals surface area contributed by atoms with E-state index in [0.29, 0.717) is 30.0 Å². The van der Waals surface area contributed by atoms with Crippen molar-refractivity contribution in [3.05, 3.63) is 68.5 Å². The fraction of sp³-hybridized carbons (Fsp3) is 0.333. The van der Waals surface area contributed by atoms with E-state index in [0.717, 1.165) is 33.2 Å². The molecular weight excluding hydrogens is 380 g/mol. The quantitative estimate of drug-likeness (QED) is 0.721. The van der Waals surface area contributed by atoms with Crippen LogP contribution in [0.4, 0.5) is 0 Å². The van der Waals surface area contributed by atoms with Crippen molar-refractivity contribution in [2.24, 2.45) is 0 Å². The summed E-state index contributed by atoms with van der Waals surface area (Å²) in [6.07, 6.45) is 0.690. The fourth-order valence-electron chi connectivity index (χ4n) is 4.32. The number of aryl methyl sites for hydroxylation is 2. The highest BCUT2D eigenvalue weighted by Gasteiger charge is 2.33. The van der Waals surface area contributed by atoms with Crippen molar-refractivity contribution in [3.8, 4) is 11.5 Å². The van der Waals surface area contributed by atoms with E-state index >= 15 is 0 Å². The van der Waals surface area contributed by atoms with Crippen LogP contribution in [0, 0.1) is 13.8 Å². The van der Waals surface area contributed by atoms with Crippen LogP contribution in [0.5, 0.6) is 11.5 Å². The second-order valence-electron chi connectivity index (χ2n) is 7.85. The van der Waals surface area contributed by atoms with Crippen molar-refractivity contribution in [1.82, 2.24) is 9.88 Å². The first-order valence-corrected chi connectivity index (χ1v) is 10.00. The van der Waals surface area contributed by atoms with Crippen molar-refractivity contribution in [1.29, 1.82) is 0 Å². The third-order valence-corrected chi connectivity index (χ3v) is 6.06. The van der Waals surface area contributed by atoms with Crippen LogP contribution >= 0.6 is 0 Å². The minimum absolute atomic E-state index is 0.0694. The van der Waals surface area contributed by atoms with Crippen LogP contribution in [0.3, 0.4) is 0 Å². The molecule has 1 amide bonds. The average Bonchev–Trinajstić information content (AvgIpc) is 2.72. The lowest BCUT2D eigenvalue weighted by atomic mass is 9.87. The summed E-state index contributed by atoms with van der Waals surface area (Å²) in [5.41, 5.74) is 5.37. The first-order chi connectivity index (χ1) is 14.3. The number of nitrogens with one attached hydrogen (secondary N) is 1. The minimum Gasteiger partial charge on any atom is -0.493 e. The second-order valence-corrected chi connectivity index (χ2v) is 7.85. The van der Waals surface area contributed by atoms with E-state index in [2.05, 4.69) is 18.0 Å². The Hall–Kier alpha value is -3.28. The highest BCUT2D eigenvalue weighted by molar-refractivity contribution is 5.81. The number of aromatic amines is 1. The number of pyridine rings is 1. The van der Waals surface area contributed by atoms with E-state index < -0.39 is 6.04 Å². The first kappa shape index (κ1) is 20.0. The molecule has 6 heteroatoms. The lowest BCUT2D eigenvalue weighted by Gasteiger charge is -2.37. The van der Waals surface area contributed by atoms with Gasteiger partial charge in [-0.25, -0.2) is 0 Å². The third kappa shape index (κ3) is 3.22. The van der Waals surface area contributed by atoms with Gasteiger partial charge in [0.05, 0.1) is 20.3 Å². The van der Waals surface area contributed by atoms with Crippen LogP contribution < -0.4 is 15.0 Å². The van der Waals surface area contributed by atoms with Crippen molar-refractivity contribution >= 4 is 16.8 Å². The monoisotopic (exact) mass is 406 g/mol. The Balaban J connectivity index is 1.98. The Bertz CT molecular complexity index is 1210. The van der Waals surface area contributed by atoms with Gasteiger partial charge in [0.2, 0.25) is 5.91 Å². The largest absolute Gasteiger partial charge is 0.493 e. The third-order valence-electron chi connectivity index (χ3n) is 6.06. The molecule has 0 unspecified atom stereocenters. The molecule has 1 N–H and O–H groups in total. The van der Waals surface area contributed by atoms with Crippen LogP contribution in [0.2, 0.25) is 0 Å². The maximum Gasteiger partial charge on any atom is 0.254 e. The molecule has 1 aliphatic heterocycles. The molecule has 0 fully saturated rings. The van der Waals surface area contributed by atoms with Crippen molar-refractivity contribution < 1.29 is 14.3 Å². The number of amides is 1. The maximum absolute atomic E-state index is 13.1. The maximum atomic E-state index is 13.1. The molecule has 0 saturated heterocycles. The van der Waals surface area contributed by atoms with E-state index in [1.54, 1.807) is 26.0 Å². The topological polar surface area (TPSA) is 71.6 Å². The van der Waals surface area contributed by atoms with Crippen LogP contribution in [0.25, 0.3) is 10.9 Å². The molecule has 0 aliphatic carbocycles. The second kappa shape index (κ2) is 7.52. The predicted octanol–water partition coefficient (Wildman–Crippen LogP) is 3.66. The number of carbonyl (C=O) groups is 1. The standard InChI is InChI=1S/C24H26N2O4/c1-13-8-17-10-19(24(28)25-20(17)9-14(13)2)23-18-12-22(30-5)21(29-4)11-16(18)6-7-26(23)15(3)27/h8-12,23H,6-7H2,1-5H3,(H,25,28)/t23-/m1/s1. The summed E-state index contributed by atoms with van der Waals surface area (Å²) in [5.74, 6) is 1.15. The van der Waals surface area contributed by atoms with Gasteiger partial charge in [0, 0.05) is 24.5 Å². The van der Waals surface area contributed by atoms with Crippen molar-refractivity contribution in [2.75, 3.05) is 20.8 Å². The van der Waals surface area contributed by atoms with Crippen molar-refractivity contribution in [3.63, 3.8) is 0 Å². The molecular formula is C24H26N2O4. The smallest absolute Gasteiger partial charge is 0.254 e. The van der Waals surface area contributed by atoms with Gasteiger partial charge in [-0.1, -0.05) is 0 Å². The van der Waals surface area contributed by atoms with Gasteiger partial charge in [-0.15, -0.1) is 0 Å². The van der Waals surface area contributed by atoms with Crippen LogP contribution in [0.1, 0.15) is 40.8 Å². The Labute approximate surface area is 175 Å². The first-order valence-electron chi connectivity index (χ1n) is 10.00. The molecule has 1 aliphatic rings. The minimum atomic E-state index is -0.485. The average molecular weight is 406 g/mol. The summed E-state index contributed by atoms with van der Waals surface area (Å²) in [4.78, 5) is 30.4. The van der Waals surface area contributed by atoms with Crippen molar-refractivity contribution in [2.45, 2.75) is 33.2 Å². The molecule has 4 rings (SSSR count). The predicted molar refractivity (Wildman–Crippen MR) is 117 cm³/mol. The summed E-state index contributed by atoms with van der Waals surface area (Å²) in [7, 11) is 3.18. The SMILES string of the molecule is COc1cc2c(cc1OC)[C@H](c1cc3cc(C)c(C)cc3[nH]c1=O)N(C(C)=O)CC2. The van der Waals surface area contributed by atoms with Gasteiger partial charge in [-0.2, -0.15) is 0 Å². The lowest BCUT2D eigenvalue weighted by molar-refractivity contribution is -0.130. The molecule has 30 heavy (non-hydrogen) atoms. The van der Waals surface area contributed by atoms with Crippen LogP contribution in [-0.4, -0.2) is 36.6 Å². The molecule has 0 saturated carbocycles. The highest BCUT2D eigenvalue weighted by Crippen LogP contribution is 2.40. The number of H-pyrrole nitrogens is 1. The Morgan fingerprint density at radius 3 is 2.33 bits per heavy atom. The number of aromatic nitrogens is 1. The molecule has 6 nitrogen and oxygen atoms in total. The van der Waals surface area contributed by atoms with Gasteiger partial charge in [0.1, 0.15) is 0 Å². The number of methoxy groups -OCH3 is 2. The van der Waals surface area contributed by atoms with E-state index in [4.69, 9.17) is 9.47 Å². The van der Waals surface area contributed by atoms with Crippen LogP contribution in [-0.2, 0) is 11.2 Å². The normalized spacial score (nSPS) is 15.8. The van der Waals surface area contributed by atoms with Crippen LogP contribution in [0.15, 0.2) is 35.1 Å². The van der Waals surface area contributed by atoms with E-state index in [9.17, 15) is 9.59 Å². The molecule has 1 atom stereocenters. The summed E-state index contributed by atoms with van der Waals surface area (Å²) in [5, 5.41) is 0.948. The zero-order chi connectivity index (χ0) is 21.6.